The number of aryl methyl sites for hydroxylation is 1. The van der Waals surface area contributed by atoms with Crippen molar-refractivity contribution in [3.63, 3.8) is 0 Å². The van der Waals surface area contributed by atoms with Crippen molar-refractivity contribution in [2.24, 2.45) is 0 Å². The van der Waals surface area contributed by atoms with E-state index in [1.165, 1.54) is 24.3 Å². The lowest BCUT2D eigenvalue weighted by atomic mass is 10.1. The van der Waals surface area contributed by atoms with Gasteiger partial charge in [-0.3, -0.25) is 14.9 Å². The molecule has 1 heterocycles. The zero-order valence-electron chi connectivity index (χ0n) is 13.7. The first-order valence-corrected chi connectivity index (χ1v) is 8.58. The Labute approximate surface area is 152 Å². The van der Waals surface area contributed by atoms with Gasteiger partial charge in [-0.15, -0.1) is 10.2 Å². The number of aromatic nitrogens is 2. The van der Waals surface area contributed by atoms with Gasteiger partial charge < -0.3 is 9.73 Å². The zero-order chi connectivity index (χ0) is 18.5. The molecule has 26 heavy (non-hydrogen) atoms. The van der Waals surface area contributed by atoms with Gasteiger partial charge in [0.25, 0.3) is 10.9 Å². The maximum atomic E-state index is 12.0. The van der Waals surface area contributed by atoms with Gasteiger partial charge in [-0.25, -0.2) is 0 Å². The third-order valence-corrected chi connectivity index (χ3v) is 4.29. The van der Waals surface area contributed by atoms with E-state index in [1.807, 2.05) is 31.2 Å². The van der Waals surface area contributed by atoms with Gasteiger partial charge in [-0.05, 0) is 30.7 Å². The molecule has 0 atom stereocenters. The molecule has 0 saturated heterocycles. The molecule has 0 aliphatic carbocycles. The number of carbonyl (C=O) groups excluding carboxylic acids is 1. The highest BCUT2D eigenvalue weighted by atomic mass is 32.2. The van der Waals surface area contributed by atoms with Crippen molar-refractivity contribution in [1.29, 1.82) is 0 Å². The Kier molecular flexibility index (Phi) is 5.28. The predicted molar refractivity (Wildman–Crippen MR) is 96.9 cm³/mol. The highest BCUT2D eigenvalue weighted by Crippen LogP contribution is 2.25. The summed E-state index contributed by atoms with van der Waals surface area (Å²) in [7, 11) is 0. The van der Waals surface area contributed by atoms with Crippen molar-refractivity contribution in [3.05, 3.63) is 64.2 Å². The summed E-state index contributed by atoms with van der Waals surface area (Å²) >= 11 is 1.12. The van der Waals surface area contributed by atoms with Gasteiger partial charge in [0, 0.05) is 23.4 Å². The van der Waals surface area contributed by atoms with Crippen LogP contribution in [0, 0.1) is 17.0 Å². The number of hydrogen-bond acceptors (Lipinski definition) is 7. The van der Waals surface area contributed by atoms with Gasteiger partial charge >= 0.3 is 0 Å². The van der Waals surface area contributed by atoms with Crippen LogP contribution in [0.5, 0.6) is 0 Å². The number of carbonyl (C=O) groups is 1. The van der Waals surface area contributed by atoms with Crippen LogP contribution < -0.4 is 5.32 Å². The summed E-state index contributed by atoms with van der Waals surface area (Å²) in [6.45, 7) is 1.95. The highest BCUT2D eigenvalue weighted by Gasteiger charge is 2.13. The summed E-state index contributed by atoms with van der Waals surface area (Å²) in [5, 5.41) is 21.5. The number of nitrogens with zero attached hydrogens (tertiary/aromatic N) is 3. The van der Waals surface area contributed by atoms with Crippen molar-refractivity contribution in [2.75, 3.05) is 11.1 Å². The number of nitro groups is 1. The van der Waals surface area contributed by atoms with E-state index >= 15 is 0 Å². The number of nitro benzene ring substituents is 1. The van der Waals surface area contributed by atoms with Gasteiger partial charge in [-0.1, -0.05) is 30.0 Å². The number of nitrogens with one attached hydrogen (secondary N) is 1. The molecule has 3 aromatic rings. The lowest BCUT2D eigenvalue weighted by Gasteiger charge is -2.03. The van der Waals surface area contributed by atoms with E-state index in [-0.39, 0.29) is 17.3 Å². The molecule has 0 aliphatic rings. The van der Waals surface area contributed by atoms with Crippen LogP contribution in [0.25, 0.3) is 11.5 Å². The van der Waals surface area contributed by atoms with Gasteiger partial charge in [0.1, 0.15) is 0 Å². The summed E-state index contributed by atoms with van der Waals surface area (Å²) < 4.78 is 5.58. The Balaban J connectivity index is 1.56. The van der Waals surface area contributed by atoms with Crippen molar-refractivity contribution < 1.29 is 14.1 Å². The van der Waals surface area contributed by atoms with Crippen molar-refractivity contribution >= 4 is 29.0 Å². The summed E-state index contributed by atoms with van der Waals surface area (Å²) in [4.78, 5) is 22.1. The van der Waals surface area contributed by atoms with Crippen molar-refractivity contribution in [2.45, 2.75) is 12.1 Å². The number of amides is 1. The predicted octanol–water partition coefficient (Wildman–Crippen LogP) is 3.68. The monoisotopic (exact) mass is 370 g/mol. The molecule has 3 rings (SSSR count). The van der Waals surface area contributed by atoms with Crippen molar-refractivity contribution in [1.82, 2.24) is 10.2 Å². The molecule has 1 N–H and O–H groups in total. The SMILES string of the molecule is Cc1ccccc1-c1nnc(SCC(=O)Nc2ccc([N+](=O)[O-])cc2)o1. The van der Waals surface area contributed by atoms with Crippen LogP contribution in [-0.4, -0.2) is 26.8 Å². The van der Waals surface area contributed by atoms with Crippen LogP contribution in [-0.2, 0) is 4.79 Å². The molecule has 0 fully saturated rings. The maximum absolute atomic E-state index is 12.0. The van der Waals surface area contributed by atoms with Crippen LogP contribution >= 0.6 is 11.8 Å². The van der Waals surface area contributed by atoms with Gasteiger partial charge in [-0.2, -0.15) is 0 Å². The summed E-state index contributed by atoms with van der Waals surface area (Å²) in [5.41, 5.74) is 2.31. The van der Waals surface area contributed by atoms with Gasteiger partial charge in [0.05, 0.1) is 10.7 Å². The minimum Gasteiger partial charge on any atom is -0.411 e. The second-order valence-corrected chi connectivity index (χ2v) is 6.26. The van der Waals surface area contributed by atoms with E-state index < -0.39 is 4.92 Å². The van der Waals surface area contributed by atoms with Gasteiger partial charge in [0.2, 0.25) is 11.8 Å². The van der Waals surface area contributed by atoms with Gasteiger partial charge in [0.15, 0.2) is 0 Å². The molecule has 0 bridgehead atoms. The van der Waals surface area contributed by atoms with E-state index in [9.17, 15) is 14.9 Å². The average Bonchev–Trinajstić information content (AvgIpc) is 3.09. The summed E-state index contributed by atoms with van der Waals surface area (Å²) in [6, 6.07) is 13.3. The van der Waals surface area contributed by atoms with Crippen LogP contribution in [0.3, 0.4) is 0 Å². The largest absolute Gasteiger partial charge is 0.411 e. The van der Waals surface area contributed by atoms with E-state index in [4.69, 9.17) is 4.42 Å². The smallest absolute Gasteiger partial charge is 0.277 e. The maximum Gasteiger partial charge on any atom is 0.277 e. The molecule has 2 aromatic carbocycles. The normalized spacial score (nSPS) is 10.5. The molecular weight excluding hydrogens is 356 g/mol. The minimum atomic E-state index is -0.497. The Morgan fingerprint density at radius 2 is 1.92 bits per heavy atom. The Hall–Kier alpha value is -3.20. The van der Waals surface area contributed by atoms with Crippen LogP contribution in [0.2, 0.25) is 0 Å². The lowest BCUT2D eigenvalue weighted by Crippen LogP contribution is -2.13. The molecule has 0 aliphatic heterocycles. The van der Waals surface area contributed by atoms with Crippen LogP contribution in [0.4, 0.5) is 11.4 Å². The quantitative estimate of drug-likeness (QED) is 0.400. The fourth-order valence-corrected chi connectivity index (χ4v) is 2.74. The minimum absolute atomic E-state index is 0.0352. The van der Waals surface area contributed by atoms with Crippen LogP contribution in [0.15, 0.2) is 58.2 Å². The highest BCUT2D eigenvalue weighted by molar-refractivity contribution is 7.99. The number of non-ortho nitro benzene ring substituents is 1. The second-order valence-electron chi connectivity index (χ2n) is 5.33. The zero-order valence-corrected chi connectivity index (χ0v) is 14.5. The summed E-state index contributed by atoms with van der Waals surface area (Å²) in [5.74, 6) is 0.202. The molecule has 0 radical (unpaired) electrons. The Morgan fingerprint density at radius 1 is 1.19 bits per heavy atom. The average molecular weight is 370 g/mol. The Bertz CT molecular complexity index is 940. The molecule has 9 heteroatoms. The summed E-state index contributed by atoms with van der Waals surface area (Å²) in [6.07, 6.45) is 0. The van der Waals surface area contributed by atoms with Crippen molar-refractivity contribution in [3.8, 4) is 11.5 Å². The lowest BCUT2D eigenvalue weighted by molar-refractivity contribution is -0.384. The molecule has 1 amide bonds. The molecule has 132 valence electrons. The van der Waals surface area contributed by atoms with E-state index in [0.717, 1.165) is 22.9 Å². The van der Waals surface area contributed by atoms with E-state index in [1.54, 1.807) is 0 Å². The number of thioether (sulfide) groups is 1. The molecular formula is C17H14N4O4S. The number of benzene rings is 2. The Morgan fingerprint density at radius 3 is 2.62 bits per heavy atom. The molecule has 1 aromatic heterocycles. The first-order chi connectivity index (χ1) is 12.5. The van der Waals surface area contributed by atoms with E-state index in [2.05, 4.69) is 15.5 Å². The van der Waals surface area contributed by atoms with E-state index in [0.29, 0.717) is 16.8 Å². The number of rotatable bonds is 6. The van der Waals surface area contributed by atoms with Crippen LogP contribution in [0.1, 0.15) is 5.56 Å². The third-order valence-electron chi connectivity index (χ3n) is 3.47. The molecule has 0 spiro atoms. The fraction of sp³-hybridized carbons (Fsp3) is 0.118. The third kappa shape index (κ3) is 4.25. The molecule has 0 unspecified atom stereocenters. The molecule has 8 nitrogen and oxygen atoms in total. The first kappa shape index (κ1) is 17.6. The second kappa shape index (κ2) is 7.79. The number of hydrogen-bond donors (Lipinski definition) is 1. The standard InChI is InChI=1S/C17H14N4O4S/c1-11-4-2-3-5-14(11)16-19-20-17(25-16)26-10-15(22)18-12-6-8-13(9-7-12)21(23)24/h2-9H,10H2,1H3,(H,18,22). The number of anilines is 1. The first-order valence-electron chi connectivity index (χ1n) is 7.59. The molecule has 0 saturated carbocycles. The topological polar surface area (TPSA) is 111 Å². The fourth-order valence-electron chi connectivity index (χ4n) is 2.18.